The van der Waals surface area contributed by atoms with Crippen LogP contribution >= 0.6 is 23.2 Å². The minimum Gasteiger partial charge on any atom is -0.488 e. The maximum atomic E-state index is 11.6. The first-order valence-corrected chi connectivity index (χ1v) is 22.4. The second-order valence-electron chi connectivity index (χ2n) is 15.8. The molecule has 0 amide bonds. The Kier molecular flexibility index (Phi) is 18.6. The van der Waals surface area contributed by atoms with Gasteiger partial charge in [-0.3, -0.25) is 35.2 Å². The Morgan fingerprint density at radius 2 is 1.07 bits per heavy atom. The molecule has 0 aliphatic carbocycles. The molecule has 0 saturated carbocycles. The Morgan fingerprint density at radius 3 is 1.49 bits per heavy atom. The van der Waals surface area contributed by atoms with Crippen LogP contribution in [0.25, 0.3) is 11.1 Å². The molecule has 7 N–H and O–H groups in total. The van der Waals surface area contributed by atoms with Crippen LogP contribution in [0, 0.1) is 19.3 Å². The van der Waals surface area contributed by atoms with Crippen molar-refractivity contribution in [1.82, 2.24) is 20.6 Å². The molecule has 0 aliphatic rings. The van der Waals surface area contributed by atoms with E-state index >= 15 is 0 Å². The molecule has 0 bridgehead atoms. The van der Waals surface area contributed by atoms with Crippen molar-refractivity contribution >= 4 is 47.6 Å². The van der Waals surface area contributed by atoms with E-state index in [1.165, 1.54) is 6.21 Å². The molecule has 2 aromatic heterocycles. The number of rotatable bonds is 25. The van der Waals surface area contributed by atoms with Crippen molar-refractivity contribution in [3.05, 3.63) is 163 Å². The van der Waals surface area contributed by atoms with Crippen molar-refractivity contribution < 1.29 is 49.0 Å². The summed E-state index contributed by atoms with van der Waals surface area (Å²) in [7, 11) is 1.67. The van der Waals surface area contributed by atoms with Gasteiger partial charge in [0.1, 0.15) is 61.5 Å². The molecule has 0 radical (unpaired) electrons. The van der Waals surface area contributed by atoms with Gasteiger partial charge in [-0.15, -0.1) is 0 Å². The molecule has 0 saturated heterocycles. The van der Waals surface area contributed by atoms with Crippen LogP contribution in [0.1, 0.15) is 55.6 Å². The number of aliphatic hydroxyl groups excluding tert-OH is 2. The number of hydrogen-bond donors (Lipinski definition) is 7. The standard InChI is InChI=1S/C51H52Cl2N6O10/c1-30-36(28-68-48-14-46(66-26-34-10-32(16-54)18-56-20-34)38(12-42(48)52)22-58-44(24-60)50(62)63)6-4-8-40(30)41-9-5-7-37(31(41)2)29-69-49-15-47(67-27-35-11-33(17-55-3)19-57-21-35)39(13-43(49)53)23-59-45(25-61)51(64)65/h4-21,44-45,54,58-61H,22-29H2,1-3H3,(H,62,63)(H,64,65)/t44-,45+/m1/s1. The number of halogens is 2. The molecule has 16 nitrogen and oxygen atoms in total. The highest BCUT2D eigenvalue weighted by molar-refractivity contribution is 6.32. The lowest BCUT2D eigenvalue weighted by molar-refractivity contribution is -0.141. The highest BCUT2D eigenvalue weighted by atomic mass is 35.5. The fraction of sp³-hybridized carbons (Fsp3) is 0.255. The summed E-state index contributed by atoms with van der Waals surface area (Å²) in [5.41, 5.74) is 9.66. The van der Waals surface area contributed by atoms with E-state index in [2.05, 4.69) is 25.6 Å². The smallest absolute Gasteiger partial charge is 0.323 e. The fourth-order valence-electron chi connectivity index (χ4n) is 7.21. The van der Waals surface area contributed by atoms with E-state index in [1.54, 1.807) is 68.4 Å². The van der Waals surface area contributed by atoms with Crippen molar-refractivity contribution in [3.8, 4) is 34.1 Å². The summed E-state index contributed by atoms with van der Waals surface area (Å²) in [6, 6.07) is 19.7. The van der Waals surface area contributed by atoms with Gasteiger partial charge in [0.05, 0.1) is 23.3 Å². The average Bonchev–Trinajstić information content (AvgIpc) is 3.34. The number of aliphatic carboxylic acids is 2. The molecule has 0 unspecified atom stereocenters. The van der Waals surface area contributed by atoms with E-state index in [0.29, 0.717) is 45.3 Å². The number of aliphatic imine (C=N–C) groups is 1. The average molecular weight is 980 g/mol. The predicted molar refractivity (Wildman–Crippen MR) is 262 cm³/mol. The first-order chi connectivity index (χ1) is 33.3. The number of nitrogens with zero attached hydrogens (tertiary/aromatic N) is 3. The zero-order chi connectivity index (χ0) is 49.5. The number of aliphatic hydroxyl groups is 2. The van der Waals surface area contributed by atoms with Crippen molar-refractivity contribution in [2.75, 3.05) is 20.3 Å². The largest absolute Gasteiger partial charge is 0.488 e. The van der Waals surface area contributed by atoms with Gasteiger partial charge in [0, 0.05) is 103 Å². The molecule has 6 rings (SSSR count). The molecule has 6 aromatic rings. The summed E-state index contributed by atoms with van der Waals surface area (Å²) in [6.07, 6.45) is 9.41. The van der Waals surface area contributed by atoms with Gasteiger partial charge < -0.3 is 44.8 Å². The second-order valence-corrected chi connectivity index (χ2v) is 16.6. The van der Waals surface area contributed by atoms with Crippen molar-refractivity contribution in [2.24, 2.45) is 4.99 Å². The molecule has 4 aromatic carbocycles. The molecule has 0 fully saturated rings. The quantitative estimate of drug-likeness (QED) is 0.0275. The summed E-state index contributed by atoms with van der Waals surface area (Å²) in [4.78, 5) is 35.7. The SMILES string of the molecule is CN=Cc1cncc(COc2cc(OCc3cccc(-c4cccc(COc5cc(OCc6cncc(C=N)c6)c(CN[C@H](CO)C(=O)O)cc5Cl)c4C)c3C)c(Cl)cc2CN[C@@H](CO)C(=O)O)c1. The van der Waals surface area contributed by atoms with Crippen LogP contribution in [0.2, 0.25) is 10.0 Å². The minimum absolute atomic E-state index is 0.0227. The van der Waals surface area contributed by atoms with E-state index in [1.807, 2.05) is 56.3 Å². The number of carboxylic acids is 2. The Hall–Kier alpha value is -6.92. The van der Waals surface area contributed by atoms with Gasteiger partial charge in [-0.05, 0) is 71.5 Å². The summed E-state index contributed by atoms with van der Waals surface area (Å²) < 4.78 is 25.1. The number of nitrogens with one attached hydrogen (secondary N) is 3. The van der Waals surface area contributed by atoms with E-state index in [-0.39, 0.29) is 49.6 Å². The summed E-state index contributed by atoms with van der Waals surface area (Å²) in [5.74, 6) is -0.965. The monoisotopic (exact) mass is 978 g/mol. The van der Waals surface area contributed by atoms with Crippen LogP contribution < -0.4 is 29.6 Å². The molecule has 2 heterocycles. The summed E-state index contributed by atoms with van der Waals surface area (Å²) in [6.45, 7) is 3.39. The Labute approximate surface area is 409 Å². The zero-order valence-corrected chi connectivity index (χ0v) is 39.6. The number of carbonyl (C=O) groups is 2. The van der Waals surface area contributed by atoms with Crippen LogP contribution in [-0.4, -0.2) is 87.1 Å². The van der Waals surface area contributed by atoms with Crippen molar-refractivity contribution in [3.63, 3.8) is 0 Å². The molecule has 2 atom stereocenters. The van der Waals surface area contributed by atoms with Crippen molar-refractivity contribution in [1.29, 1.82) is 5.41 Å². The third-order valence-corrected chi connectivity index (χ3v) is 11.7. The number of aromatic nitrogens is 2. The third kappa shape index (κ3) is 13.8. The Balaban J connectivity index is 1.20. The Bertz CT molecular complexity index is 2810. The van der Waals surface area contributed by atoms with E-state index in [9.17, 15) is 30.0 Å². The first-order valence-electron chi connectivity index (χ1n) is 21.6. The number of benzene rings is 4. The number of hydrogen-bond acceptors (Lipinski definition) is 14. The van der Waals surface area contributed by atoms with Gasteiger partial charge in [0.15, 0.2) is 0 Å². The molecule has 360 valence electrons. The normalized spacial score (nSPS) is 12.1. The maximum Gasteiger partial charge on any atom is 0.323 e. The van der Waals surface area contributed by atoms with Gasteiger partial charge in [-0.2, -0.15) is 0 Å². The van der Waals surface area contributed by atoms with E-state index < -0.39 is 37.2 Å². The van der Waals surface area contributed by atoms with Crippen LogP contribution in [0.5, 0.6) is 23.0 Å². The molecular weight excluding hydrogens is 927 g/mol. The second kappa shape index (κ2) is 24.9. The third-order valence-electron chi connectivity index (χ3n) is 11.1. The van der Waals surface area contributed by atoms with Gasteiger partial charge in [0.25, 0.3) is 0 Å². The lowest BCUT2D eigenvalue weighted by atomic mass is 9.92. The zero-order valence-electron chi connectivity index (χ0n) is 38.0. The van der Waals surface area contributed by atoms with Gasteiger partial charge in [-0.25, -0.2) is 0 Å². The number of ether oxygens (including phenoxy) is 4. The summed E-state index contributed by atoms with van der Waals surface area (Å²) >= 11 is 13.5. The topological polar surface area (TPSA) is 238 Å². The van der Waals surface area contributed by atoms with Gasteiger partial charge >= 0.3 is 11.9 Å². The molecule has 18 heteroatoms. The highest BCUT2D eigenvalue weighted by Gasteiger charge is 2.21. The highest BCUT2D eigenvalue weighted by Crippen LogP contribution is 2.37. The van der Waals surface area contributed by atoms with Crippen LogP contribution in [0.4, 0.5) is 0 Å². The number of carboxylic acid groups (broad SMARTS) is 2. The lowest BCUT2D eigenvalue weighted by Gasteiger charge is -2.19. The minimum atomic E-state index is -1.21. The first kappa shape index (κ1) is 51.5. The van der Waals surface area contributed by atoms with E-state index in [0.717, 1.165) is 44.5 Å². The van der Waals surface area contributed by atoms with Crippen LogP contribution in [0.15, 0.2) is 103 Å². The predicted octanol–water partition coefficient (Wildman–Crippen LogP) is 7.50. The van der Waals surface area contributed by atoms with Crippen LogP contribution in [0.3, 0.4) is 0 Å². The molecule has 0 aliphatic heterocycles. The van der Waals surface area contributed by atoms with Gasteiger partial charge in [-0.1, -0.05) is 59.6 Å². The van der Waals surface area contributed by atoms with Crippen molar-refractivity contribution in [2.45, 2.75) is 65.4 Å². The Morgan fingerprint density at radius 1 is 0.638 bits per heavy atom. The number of pyridine rings is 2. The van der Waals surface area contributed by atoms with Gasteiger partial charge in [0.2, 0.25) is 0 Å². The lowest BCUT2D eigenvalue weighted by Crippen LogP contribution is -2.39. The van der Waals surface area contributed by atoms with Crippen LogP contribution in [-0.2, 0) is 49.1 Å². The maximum absolute atomic E-state index is 11.6. The summed E-state index contributed by atoms with van der Waals surface area (Å²) in [5, 5.41) is 51.9. The molecule has 69 heavy (non-hydrogen) atoms. The molecular formula is C51H52Cl2N6O10. The fourth-order valence-corrected chi connectivity index (χ4v) is 7.69. The molecule has 0 spiro atoms. The van der Waals surface area contributed by atoms with E-state index in [4.69, 9.17) is 47.6 Å².